The number of anilines is 2. The molecule has 0 aliphatic rings. The van der Waals surface area contributed by atoms with Crippen LogP contribution in [0.3, 0.4) is 0 Å². The van der Waals surface area contributed by atoms with E-state index in [1.807, 2.05) is 6.92 Å². The summed E-state index contributed by atoms with van der Waals surface area (Å²) in [7, 11) is 0. The molecule has 0 amide bonds. The quantitative estimate of drug-likeness (QED) is 0.580. The number of benzene rings is 1. The summed E-state index contributed by atoms with van der Waals surface area (Å²) in [5.74, 6) is 0.172. The van der Waals surface area contributed by atoms with Gasteiger partial charge in [-0.3, -0.25) is 0 Å². The van der Waals surface area contributed by atoms with Gasteiger partial charge in [-0.25, -0.2) is 0 Å². The van der Waals surface area contributed by atoms with Crippen molar-refractivity contribution >= 4 is 34.0 Å². The summed E-state index contributed by atoms with van der Waals surface area (Å²) < 4.78 is 0.916. The Balaban J connectivity index is 2.85. The Morgan fingerprint density at radius 3 is 2.81 bits per heavy atom. The second-order valence-electron chi connectivity index (χ2n) is 3.70. The van der Waals surface area contributed by atoms with Gasteiger partial charge in [-0.2, -0.15) is 5.26 Å². The van der Waals surface area contributed by atoms with Gasteiger partial charge in [0.25, 0.3) is 0 Å². The zero-order chi connectivity index (χ0) is 12.1. The number of aliphatic hydroxyl groups excluding tert-OH is 1. The smallest absolute Gasteiger partial charge is 0.0992 e. The highest BCUT2D eigenvalue weighted by molar-refractivity contribution is 14.1. The monoisotopic (exact) mass is 331 g/mol. The number of nitrogen functional groups attached to an aromatic ring is 1. The molecule has 0 spiro atoms. The summed E-state index contributed by atoms with van der Waals surface area (Å²) in [6.45, 7) is 2.74. The Morgan fingerprint density at radius 2 is 2.31 bits per heavy atom. The molecule has 86 valence electrons. The first kappa shape index (κ1) is 13.1. The van der Waals surface area contributed by atoms with Crippen molar-refractivity contribution in [2.24, 2.45) is 5.92 Å². The highest BCUT2D eigenvalue weighted by atomic mass is 127. The van der Waals surface area contributed by atoms with E-state index in [2.05, 4.69) is 34.0 Å². The van der Waals surface area contributed by atoms with E-state index < -0.39 is 0 Å². The highest BCUT2D eigenvalue weighted by Crippen LogP contribution is 2.27. The Hall–Kier alpha value is -1.00. The largest absolute Gasteiger partial charge is 0.397 e. The van der Waals surface area contributed by atoms with Crippen molar-refractivity contribution in [3.05, 3.63) is 21.3 Å². The number of halogens is 1. The molecule has 1 aromatic carbocycles. The van der Waals surface area contributed by atoms with Crippen molar-refractivity contribution in [1.29, 1.82) is 5.26 Å². The van der Waals surface area contributed by atoms with Gasteiger partial charge < -0.3 is 16.2 Å². The van der Waals surface area contributed by atoms with Crippen LogP contribution >= 0.6 is 22.6 Å². The van der Waals surface area contributed by atoms with Crippen LogP contribution < -0.4 is 11.1 Å². The number of nitrogens with one attached hydrogen (secondary N) is 1. The minimum absolute atomic E-state index is 0.139. The van der Waals surface area contributed by atoms with Crippen LogP contribution in [0.4, 0.5) is 11.4 Å². The number of aliphatic hydroxyl groups is 1. The van der Waals surface area contributed by atoms with Crippen LogP contribution in [0, 0.1) is 20.8 Å². The van der Waals surface area contributed by atoms with E-state index in [-0.39, 0.29) is 12.5 Å². The maximum Gasteiger partial charge on any atom is 0.0992 e. The molecular formula is C11H14IN3O. The molecule has 0 saturated heterocycles. The predicted molar refractivity (Wildman–Crippen MR) is 73.0 cm³/mol. The summed E-state index contributed by atoms with van der Waals surface area (Å²) >= 11 is 2.14. The van der Waals surface area contributed by atoms with Gasteiger partial charge in [-0.05, 0) is 40.6 Å². The second kappa shape index (κ2) is 5.92. The lowest BCUT2D eigenvalue weighted by molar-refractivity contribution is 0.244. The Morgan fingerprint density at radius 1 is 1.62 bits per heavy atom. The predicted octanol–water partition coefficient (Wildman–Crippen LogP) is 1.79. The molecule has 5 heteroatoms. The maximum absolute atomic E-state index is 8.92. The van der Waals surface area contributed by atoms with Gasteiger partial charge in [0.1, 0.15) is 0 Å². The highest BCUT2D eigenvalue weighted by Gasteiger charge is 2.08. The molecule has 1 aromatic rings. The Labute approximate surface area is 109 Å². The first-order valence-electron chi connectivity index (χ1n) is 4.92. The normalized spacial score (nSPS) is 11.9. The molecular weight excluding hydrogens is 317 g/mol. The molecule has 0 unspecified atom stereocenters. The van der Waals surface area contributed by atoms with Gasteiger partial charge in [-0.1, -0.05) is 6.92 Å². The van der Waals surface area contributed by atoms with Crippen LogP contribution in [0.2, 0.25) is 0 Å². The number of nitrogens with two attached hydrogens (primary N) is 1. The third-order valence-electron chi connectivity index (χ3n) is 2.19. The van der Waals surface area contributed by atoms with Crippen LogP contribution in [0.15, 0.2) is 12.1 Å². The van der Waals surface area contributed by atoms with Crippen LogP contribution in [-0.4, -0.2) is 18.3 Å². The molecule has 0 aromatic heterocycles. The molecule has 0 radical (unpaired) electrons. The average Bonchev–Trinajstić information content (AvgIpc) is 2.27. The lowest BCUT2D eigenvalue weighted by Gasteiger charge is -2.14. The van der Waals surface area contributed by atoms with Crippen molar-refractivity contribution in [3.8, 4) is 6.07 Å². The minimum Gasteiger partial charge on any atom is -0.397 e. The summed E-state index contributed by atoms with van der Waals surface area (Å²) in [5.41, 5.74) is 7.80. The number of hydrogen-bond acceptors (Lipinski definition) is 4. The summed E-state index contributed by atoms with van der Waals surface area (Å²) in [6, 6.07) is 5.49. The second-order valence-corrected chi connectivity index (χ2v) is 4.86. The van der Waals surface area contributed by atoms with Gasteiger partial charge in [-0.15, -0.1) is 0 Å². The van der Waals surface area contributed by atoms with Crippen molar-refractivity contribution in [3.63, 3.8) is 0 Å². The van der Waals surface area contributed by atoms with E-state index in [1.165, 1.54) is 0 Å². The van der Waals surface area contributed by atoms with Crippen LogP contribution in [-0.2, 0) is 0 Å². The topological polar surface area (TPSA) is 82.1 Å². The molecule has 4 N–H and O–H groups in total. The molecule has 0 aliphatic heterocycles. The lowest BCUT2D eigenvalue weighted by Crippen LogP contribution is -2.16. The summed E-state index contributed by atoms with van der Waals surface area (Å²) in [4.78, 5) is 0. The molecule has 0 fully saturated rings. The maximum atomic E-state index is 8.92. The first-order chi connectivity index (χ1) is 7.58. The van der Waals surface area contributed by atoms with Crippen molar-refractivity contribution in [1.82, 2.24) is 0 Å². The average molecular weight is 331 g/mol. The molecule has 0 aliphatic carbocycles. The SMILES string of the molecule is C[C@@H](CO)CNc1c(N)cc(C#N)cc1I. The molecule has 1 rings (SSSR count). The fourth-order valence-corrected chi connectivity index (χ4v) is 2.06. The van der Waals surface area contributed by atoms with Gasteiger partial charge in [0, 0.05) is 16.7 Å². The molecule has 0 saturated carbocycles. The standard InChI is InChI=1S/C11H14IN3O/c1-7(6-16)5-15-11-9(12)2-8(4-13)3-10(11)14/h2-3,7,15-16H,5-6,14H2,1H3/t7-/m1/s1. The number of hydrogen-bond donors (Lipinski definition) is 3. The van der Waals surface area contributed by atoms with Crippen molar-refractivity contribution in [2.45, 2.75) is 6.92 Å². The third kappa shape index (κ3) is 3.25. The van der Waals surface area contributed by atoms with Gasteiger partial charge in [0.05, 0.1) is 23.0 Å². The third-order valence-corrected chi connectivity index (χ3v) is 3.04. The zero-order valence-electron chi connectivity index (χ0n) is 9.00. The molecule has 16 heavy (non-hydrogen) atoms. The van der Waals surface area contributed by atoms with E-state index in [0.29, 0.717) is 17.8 Å². The molecule has 0 heterocycles. The fraction of sp³-hybridized carbons (Fsp3) is 0.364. The zero-order valence-corrected chi connectivity index (χ0v) is 11.2. The van der Waals surface area contributed by atoms with E-state index >= 15 is 0 Å². The Bertz CT molecular complexity index is 391. The van der Waals surface area contributed by atoms with E-state index in [1.54, 1.807) is 12.1 Å². The molecule has 1 atom stereocenters. The van der Waals surface area contributed by atoms with Crippen LogP contribution in [0.25, 0.3) is 0 Å². The van der Waals surface area contributed by atoms with E-state index in [0.717, 1.165) is 9.26 Å². The molecule has 0 bridgehead atoms. The Kier molecular flexibility index (Phi) is 4.83. The van der Waals surface area contributed by atoms with Crippen LogP contribution in [0.1, 0.15) is 12.5 Å². The van der Waals surface area contributed by atoms with Gasteiger partial charge >= 0.3 is 0 Å². The van der Waals surface area contributed by atoms with Crippen LogP contribution in [0.5, 0.6) is 0 Å². The van der Waals surface area contributed by atoms with E-state index in [4.69, 9.17) is 16.1 Å². The first-order valence-corrected chi connectivity index (χ1v) is 6.00. The summed E-state index contributed by atoms with van der Waals surface area (Å²) in [5, 5.41) is 20.9. The van der Waals surface area contributed by atoms with Crippen molar-refractivity contribution in [2.75, 3.05) is 24.2 Å². The lowest BCUT2D eigenvalue weighted by atomic mass is 10.1. The number of nitriles is 1. The number of rotatable bonds is 4. The summed E-state index contributed by atoms with van der Waals surface area (Å²) in [6.07, 6.45) is 0. The van der Waals surface area contributed by atoms with Crippen molar-refractivity contribution < 1.29 is 5.11 Å². The number of nitrogens with zero attached hydrogens (tertiary/aromatic N) is 1. The van der Waals surface area contributed by atoms with Gasteiger partial charge in [0.15, 0.2) is 0 Å². The van der Waals surface area contributed by atoms with Gasteiger partial charge in [0.2, 0.25) is 0 Å². The fourth-order valence-electron chi connectivity index (χ4n) is 1.22. The van der Waals surface area contributed by atoms with E-state index in [9.17, 15) is 0 Å². The minimum atomic E-state index is 0.139. The molecule has 4 nitrogen and oxygen atoms in total.